The molecule has 0 saturated carbocycles. The Morgan fingerprint density at radius 1 is 1.29 bits per heavy atom. The molecular formula is C17H21N3O. The van der Waals surface area contributed by atoms with Crippen LogP contribution >= 0.6 is 0 Å². The molecule has 3 rings (SSSR count). The summed E-state index contributed by atoms with van der Waals surface area (Å²) in [6.45, 7) is 3.75. The number of ether oxygens (including phenoxy) is 1. The first kappa shape index (κ1) is 13.9. The molecule has 2 heterocycles. The van der Waals surface area contributed by atoms with Crippen LogP contribution in [0.1, 0.15) is 31.5 Å². The molecule has 1 aromatic carbocycles. The molecule has 4 nitrogen and oxygen atoms in total. The Labute approximate surface area is 125 Å². The summed E-state index contributed by atoms with van der Waals surface area (Å²) in [4.78, 5) is 6.78. The predicted octanol–water partition coefficient (Wildman–Crippen LogP) is 3.41. The molecule has 0 unspecified atom stereocenters. The minimum absolute atomic E-state index is 0.0128. The normalized spacial score (nSPS) is 15.8. The number of anilines is 2. The van der Waals surface area contributed by atoms with Gasteiger partial charge in [-0.05, 0) is 37.1 Å². The molecule has 0 saturated heterocycles. The molecule has 0 fully saturated rings. The van der Waals surface area contributed by atoms with Gasteiger partial charge in [0, 0.05) is 12.6 Å². The van der Waals surface area contributed by atoms with Crippen LogP contribution in [-0.4, -0.2) is 18.1 Å². The van der Waals surface area contributed by atoms with E-state index in [-0.39, 0.29) is 6.04 Å². The zero-order valence-electron chi connectivity index (χ0n) is 12.3. The lowest BCUT2D eigenvalue weighted by Crippen LogP contribution is -2.18. The first-order valence-electron chi connectivity index (χ1n) is 7.50. The molecule has 1 aromatic heterocycles. The van der Waals surface area contributed by atoms with Crippen LogP contribution in [0.25, 0.3) is 0 Å². The number of pyridine rings is 1. The highest BCUT2D eigenvalue weighted by atomic mass is 16.5. The Kier molecular flexibility index (Phi) is 4.06. The van der Waals surface area contributed by atoms with Crippen molar-refractivity contribution in [2.45, 2.75) is 25.8 Å². The van der Waals surface area contributed by atoms with Gasteiger partial charge in [0.1, 0.15) is 5.75 Å². The molecule has 0 spiro atoms. The van der Waals surface area contributed by atoms with Crippen molar-refractivity contribution in [3.8, 4) is 5.75 Å². The van der Waals surface area contributed by atoms with Crippen LogP contribution in [0.5, 0.6) is 5.75 Å². The maximum absolute atomic E-state index is 6.03. The second kappa shape index (κ2) is 6.14. The highest BCUT2D eigenvalue weighted by molar-refractivity contribution is 5.69. The van der Waals surface area contributed by atoms with Crippen LogP contribution in [0.2, 0.25) is 0 Å². The standard InChI is InChI=1S/C17H21N3O/c1-2-14(18)15-9-8-13(12-19-15)20-10-5-11-21-17-7-4-3-6-16(17)20/h3-4,6-9,12,14H,2,5,10-11,18H2,1H3/t14-/m1/s1. The third-order valence-electron chi connectivity index (χ3n) is 3.84. The number of nitrogens with zero attached hydrogens (tertiary/aromatic N) is 2. The molecule has 1 atom stereocenters. The number of para-hydroxylation sites is 2. The smallest absolute Gasteiger partial charge is 0.142 e. The Morgan fingerprint density at radius 3 is 2.90 bits per heavy atom. The number of hydrogen-bond acceptors (Lipinski definition) is 4. The van der Waals surface area contributed by atoms with Gasteiger partial charge < -0.3 is 15.4 Å². The Balaban J connectivity index is 1.93. The maximum Gasteiger partial charge on any atom is 0.142 e. The first-order chi connectivity index (χ1) is 10.3. The maximum atomic E-state index is 6.03. The largest absolute Gasteiger partial charge is 0.491 e. The van der Waals surface area contributed by atoms with Gasteiger partial charge >= 0.3 is 0 Å². The van der Waals surface area contributed by atoms with Crippen molar-refractivity contribution in [3.63, 3.8) is 0 Å². The van der Waals surface area contributed by atoms with Crippen molar-refractivity contribution >= 4 is 11.4 Å². The fourth-order valence-corrected chi connectivity index (χ4v) is 2.58. The van der Waals surface area contributed by atoms with E-state index < -0.39 is 0 Å². The van der Waals surface area contributed by atoms with Crippen LogP contribution in [0.15, 0.2) is 42.6 Å². The van der Waals surface area contributed by atoms with E-state index in [0.717, 1.165) is 48.8 Å². The molecule has 1 aliphatic rings. The molecule has 0 aliphatic carbocycles. The predicted molar refractivity (Wildman–Crippen MR) is 85.0 cm³/mol. The monoisotopic (exact) mass is 283 g/mol. The van der Waals surface area contributed by atoms with Gasteiger partial charge in [-0.2, -0.15) is 0 Å². The molecule has 1 aliphatic heterocycles. The van der Waals surface area contributed by atoms with Crippen molar-refractivity contribution < 1.29 is 4.74 Å². The van der Waals surface area contributed by atoms with Gasteiger partial charge in [-0.1, -0.05) is 19.1 Å². The summed E-state index contributed by atoms with van der Waals surface area (Å²) in [5, 5.41) is 0. The molecule has 0 radical (unpaired) electrons. The Bertz CT molecular complexity index is 597. The Hall–Kier alpha value is -2.07. The van der Waals surface area contributed by atoms with Gasteiger partial charge in [-0.15, -0.1) is 0 Å². The summed E-state index contributed by atoms with van der Waals surface area (Å²) < 4.78 is 5.80. The quantitative estimate of drug-likeness (QED) is 0.938. The topological polar surface area (TPSA) is 51.4 Å². The van der Waals surface area contributed by atoms with Gasteiger partial charge in [-0.3, -0.25) is 4.98 Å². The second-order valence-corrected chi connectivity index (χ2v) is 5.28. The van der Waals surface area contributed by atoms with Crippen LogP contribution < -0.4 is 15.4 Å². The summed E-state index contributed by atoms with van der Waals surface area (Å²) in [7, 11) is 0. The molecule has 21 heavy (non-hydrogen) atoms. The van der Waals surface area contributed by atoms with Gasteiger partial charge in [0.05, 0.1) is 29.9 Å². The van der Waals surface area contributed by atoms with E-state index in [9.17, 15) is 0 Å². The van der Waals surface area contributed by atoms with Gasteiger partial charge in [-0.25, -0.2) is 0 Å². The average Bonchev–Trinajstić information content (AvgIpc) is 2.77. The zero-order valence-corrected chi connectivity index (χ0v) is 12.3. The van der Waals surface area contributed by atoms with Crippen molar-refractivity contribution in [1.82, 2.24) is 4.98 Å². The van der Waals surface area contributed by atoms with E-state index in [1.54, 1.807) is 0 Å². The van der Waals surface area contributed by atoms with Crippen LogP contribution in [-0.2, 0) is 0 Å². The summed E-state index contributed by atoms with van der Waals surface area (Å²) in [5.41, 5.74) is 9.16. The summed E-state index contributed by atoms with van der Waals surface area (Å²) in [5.74, 6) is 0.935. The zero-order chi connectivity index (χ0) is 14.7. The third kappa shape index (κ3) is 2.85. The van der Waals surface area contributed by atoms with Crippen LogP contribution in [0.3, 0.4) is 0 Å². The number of fused-ring (bicyclic) bond motifs is 1. The number of rotatable bonds is 3. The lowest BCUT2D eigenvalue weighted by Gasteiger charge is -2.24. The second-order valence-electron chi connectivity index (χ2n) is 5.28. The van der Waals surface area contributed by atoms with Crippen molar-refractivity contribution in [2.24, 2.45) is 5.73 Å². The van der Waals surface area contributed by atoms with E-state index in [4.69, 9.17) is 10.5 Å². The molecule has 0 bridgehead atoms. The van der Waals surface area contributed by atoms with E-state index >= 15 is 0 Å². The fourth-order valence-electron chi connectivity index (χ4n) is 2.58. The highest BCUT2D eigenvalue weighted by Gasteiger charge is 2.17. The number of nitrogens with two attached hydrogens (primary N) is 1. The third-order valence-corrected chi connectivity index (χ3v) is 3.84. The summed E-state index contributed by atoms with van der Waals surface area (Å²) in [6.07, 6.45) is 3.80. The highest BCUT2D eigenvalue weighted by Crippen LogP contribution is 2.35. The summed E-state index contributed by atoms with van der Waals surface area (Å²) in [6, 6.07) is 12.3. The molecule has 2 N–H and O–H groups in total. The lowest BCUT2D eigenvalue weighted by atomic mass is 10.1. The van der Waals surface area contributed by atoms with Crippen molar-refractivity contribution in [2.75, 3.05) is 18.1 Å². The van der Waals surface area contributed by atoms with Crippen LogP contribution in [0.4, 0.5) is 11.4 Å². The first-order valence-corrected chi connectivity index (χ1v) is 7.50. The fraction of sp³-hybridized carbons (Fsp3) is 0.353. The van der Waals surface area contributed by atoms with Gasteiger partial charge in [0.2, 0.25) is 0 Å². The lowest BCUT2D eigenvalue weighted by molar-refractivity contribution is 0.322. The minimum Gasteiger partial charge on any atom is -0.491 e. The molecule has 2 aromatic rings. The number of benzene rings is 1. The van der Waals surface area contributed by atoms with Gasteiger partial charge in [0.15, 0.2) is 0 Å². The van der Waals surface area contributed by atoms with Gasteiger partial charge in [0.25, 0.3) is 0 Å². The molecular weight excluding hydrogens is 262 g/mol. The number of hydrogen-bond donors (Lipinski definition) is 1. The minimum atomic E-state index is 0.0128. The number of aromatic nitrogens is 1. The van der Waals surface area contributed by atoms with E-state index in [1.807, 2.05) is 30.5 Å². The van der Waals surface area contributed by atoms with Crippen molar-refractivity contribution in [1.29, 1.82) is 0 Å². The SMILES string of the molecule is CC[C@@H](N)c1ccc(N2CCCOc3ccccc32)cn1. The van der Waals surface area contributed by atoms with Crippen LogP contribution in [0, 0.1) is 0 Å². The van der Waals surface area contributed by atoms with E-state index in [0.29, 0.717) is 0 Å². The molecule has 110 valence electrons. The summed E-state index contributed by atoms with van der Waals surface area (Å²) >= 11 is 0. The van der Waals surface area contributed by atoms with E-state index in [2.05, 4.69) is 28.9 Å². The average molecular weight is 283 g/mol. The van der Waals surface area contributed by atoms with E-state index in [1.165, 1.54) is 0 Å². The molecule has 4 heteroatoms. The Morgan fingerprint density at radius 2 is 2.14 bits per heavy atom. The van der Waals surface area contributed by atoms with Crippen molar-refractivity contribution in [3.05, 3.63) is 48.3 Å². The molecule has 0 amide bonds.